The molecule has 0 atom stereocenters. The summed E-state index contributed by atoms with van der Waals surface area (Å²) in [4.78, 5) is 9.35. The van der Waals surface area contributed by atoms with E-state index in [-0.39, 0.29) is 0 Å². The van der Waals surface area contributed by atoms with Crippen LogP contribution in [0.2, 0.25) is 0 Å². The van der Waals surface area contributed by atoms with Crippen molar-refractivity contribution < 1.29 is 4.74 Å². The lowest BCUT2D eigenvalue weighted by molar-refractivity contribution is 0.246. The molecular weight excluding hydrogens is 264 g/mol. The van der Waals surface area contributed by atoms with Crippen LogP contribution >= 0.6 is 0 Å². The number of ether oxygens (including phenoxy) is 1. The second-order valence-electron chi connectivity index (χ2n) is 5.64. The van der Waals surface area contributed by atoms with Gasteiger partial charge in [0, 0.05) is 31.4 Å². The second kappa shape index (κ2) is 8.97. The second-order valence-corrected chi connectivity index (χ2v) is 5.64. The SMILES string of the molecule is COc1ncccc1CN1CCCN(CCCCN)CC1. The summed E-state index contributed by atoms with van der Waals surface area (Å²) in [6, 6.07) is 4.09. The molecule has 0 aromatic carbocycles. The number of unbranched alkanes of at least 4 members (excludes halogenated alkanes) is 1. The van der Waals surface area contributed by atoms with Crippen LogP contribution in [0.4, 0.5) is 0 Å². The zero-order chi connectivity index (χ0) is 14.9. The molecule has 1 aliphatic heterocycles. The molecule has 0 amide bonds. The van der Waals surface area contributed by atoms with Crippen LogP contribution in [0.1, 0.15) is 24.8 Å². The summed E-state index contributed by atoms with van der Waals surface area (Å²) < 4.78 is 5.34. The topological polar surface area (TPSA) is 54.6 Å². The first-order valence-corrected chi connectivity index (χ1v) is 7.96. The summed E-state index contributed by atoms with van der Waals surface area (Å²) in [5, 5.41) is 0. The third-order valence-electron chi connectivity index (χ3n) is 4.05. The maximum atomic E-state index is 5.57. The number of methoxy groups -OCH3 is 1. The largest absolute Gasteiger partial charge is 0.481 e. The molecule has 5 nitrogen and oxygen atoms in total. The fourth-order valence-corrected chi connectivity index (χ4v) is 2.85. The van der Waals surface area contributed by atoms with Gasteiger partial charge in [0.25, 0.3) is 0 Å². The van der Waals surface area contributed by atoms with Crippen molar-refractivity contribution in [3.63, 3.8) is 0 Å². The van der Waals surface area contributed by atoms with E-state index < -0.39 is 0 Å². The normalized spacial score (nSPS) is 17.6. The molecule has 0 aliphatic carbocycles. The van der Waals surface area contributed by atoms with Crippen LogP contribution in [-0.2, 0) is 6.54 Å². The summed E-state index contributed by atoms with van der Waals surface area (Å²) in [7, 11) is 1.69. The molecule has 0 saturated carbocycles. The van der Waals surface area contributed by atoms with Gasteiger partial charge in [-0.25, -0.2) is 4.98 Å². The van der Waals surface area contributed by atoms with Crippen molar-refractivity contribution in [1.29, 1.82) is 0 Å². The number of nitrogens with zero attached hydrogens (tertiary/aromatic N) is 3. The number of pyridine rings is 1. The van der Waals surface area contributed by atoms with Gasteiger partial charge in [-0.1, -0.05) is 6.07 Å². The monoisotopic (exact) mass is 292 g/mol. The van der Waals surface area contributed by atoms with E-state index >= 15 is 0 Å². The maximum Gasteiger partial charge on any atom is 0.217 e. The van der Waals surface area contributed by atoms with Crippen LogP contribution in [0.3, 0.4) is 0 Å². The highest BCUT2D eigenvalue weighted by molar-refractivity contribution is 5.25. The molecule has 0 bridgehead atoms. The highest BCUT2D eigenvalue weighted by Crippen LogP contribution is 2.17. The molecule has 0 spiro atoms. The number of nitrogens with two attached hydrogens (primary N) is 1. The van der Waals surface area contributed by atoms with Crippen molar-refractivity contribution in [1.82, 2.24) is 14.8 Å². The van der Waals surface area contributed by atoms with Gasteiger partial charge in [-0.05, 0) is 51.5 Å². The van der Waals surface area contributed by atoms with Crippen molar-refractivity contribution in [3.05, 3.63) is 23.9 Å². The van der Waals surface area contributed by atoms with Crippen molar-refractivity contribution in [2.24, 2.45) is 5.73 Å². The lowest BCUT2D eigenvalue weighted by Gasteiger charge is -2.22. The molecule has 2 N–H and O–H groups in total. The van der Waals surface area contributed by atoms with Gasteiger partial charge in [0.1, 0.15) is 0 Å². The first-order chi connectivity index (χ1) is 10.3. The van der Waals surface area contributed by atoms with E-state index in [0.717, 1.165) is 45.0 Å². The molecule has 0 unspecified atom stereocenters. The maximum absolute atomic E-state index is 5.57. The Morgan fingerprint density at radius 3 is 2.81 bits per heavy atom. The van der Waals surface area contributed by atoms with Crippen LogP contribution in [0, 0.1) is 0 Å². The molecule has 1 aromatic rings. The van der Waals surface area contributed by atoms with E-state index in [0.29, 0.717) is 0 Å². The fraction of sp³-hybridized carbons (Fsp3) is 0.688. The van der Waals surface area contributed by atoms with E-state index in [2.05, 4.69) is 20.9 Å². The summed E-state index contributed by atoms with van der Waals surface area (Å²) in [5.74, 6) is 0.751. The Kier molecular flexibility index (Phi) is 6.92. The Hall–Kier alpha value is -1.17. The molecular formula is C16H28N4O. The van der Waals surface area contributed by atoms with E-state index in [1.165, 1.54) is 31.5 Å². The van der Waals surface area contributed by atoms with Gasteiger partial charge in [-0.3, -0.25) is 4.90 Å². The Morgan fingerprint density at radius 1 is 1.19 bits per heavy atom. The van der Waals surface area contributed by atoms with Gasteiger partial charge in [0.15, 0.2) is 0 Å². The molecule has 0 radical (unpaired) electrons. The minimum atomic E-state index is 0.751. The van der Waals surface area contributed by atoms with E-state index in [1.807, 2.05) is 6.07 Å². The third kappa shape index (κ3) is 5.26. The molecule has 1 saturated heterocycles. The van der Waals surface area contributed by atoms with Crippen molar-refractivity contribution in [3.8, 4) is 5.88 Å². The van der Waals surface area contributed by atoms with Crippen LogP contribution in [-0.4, -0.2) is 61.2 Å². The average molecular weight is 292 g/mol. The van der Waals surface area contributed by atoms with Crippen molar-refractivity contribution >= 4 is 0 Å². The van der Waals surface area contributed by atoms with Gasteiger partial charge in [-0.15, -0.1) is 0 Å². The van der Waals surface area contributed by atoms with Gasteiger partial charge in [-0.2, -0.15) is 0 Å². The molecule has 2 rings (SSSR count). The summed E-state index contributed by atoms with van der Waals surface area (Å²) in [5.41, 5.74) is 6.74. The summed E-state index contributed by atoms with van der Waals surface area (Å²) in [6.45, 7) is 7.51. The highest BCUT2D eigenvalue weighted by Gasteiger charge is 2.16. The highest BCUT2D eigenvalue weighted by atomic mass is 16.5. The van der Waals surface area contributed by atoms with Gasteiger partial charge < -0.3 is 15.4 Å². The van der Waals surface area contributed by atoms with Crippen LogP contribution < -0.4 is 10.5 Å². The molecule has 21 heavy (non-hydrogen) atoms. The first-order valence-electron chi connectivity index (χ1n) is 7.96. The molecule has 1 aromatic heterocycles. The quantitative estimate of drug-likeness (QED) is 0.769. The summed E-state index contributed by atoms with van der Waals surface area (Å²) >= 11 is 0. The van der Waals surface area contributed by atoms with Gasteiger partial charge in [0.05, 0.1) is 7.11 Å². The number of rotatable bonds is 7. The van der Waals surface area contributed by atoms with Crippen molar-refractivity contribution in [2.75, 3.05) is 46.4 Å². The average Bonchev–Trinajstić information content (AvgIpc) is 2.74. The molecule has 1 aliphatic rings. The lowest BCUT2D eigenvalue weighted by Crippen LogP contribution is -2.31. The van der Waals surface area contributed by atoms with Crippen LogP contribution in [0.15, 0.2) is 18.3 Å². The zero-order valence-electron chi connectivity index (χ0n) is 13.1. The van der Waals surface area contributed by atoms with E-state index in [9.17, 15) is 0 Å². The molecule has 1 fully saturated rings. The number of aromatic nitrogens is 1. The van der Waals surface area contributed by atoms with Crippen molar-refractivity contribution in [2.45, 2.75) is 25.8 Å². The van der Waals surface area contributed by atoms with E-state index in [1.54, 1.807) is 13.3 Å². The van der Waals surface area contributed by atoms with Crippen LogP contribution in [0.25, 0.3) is 0 Å². The zero-order valence-corrected chi connectivity index (χ0v) is 13.1. The molecule has 5 heteroatoms. The van der Waals surface area contributed by atoms with Crippen LogP contribution in [0.5, 0.6) is 5.88 Å². The molecule has 2 heterocycles. The predicted octanol–water partition coefficient (Wildman–Crippen LogP) is 1.34. The van der Waals surface area contributed by atoms with E-state index in [4.69, 9.17) is 10.5 Å². The Bertz CT molecular complexity index is 413. The summed E-state index contributed by atoms with van der Waals surface area (Å²) in [6.07, 6.45) is 5.36. The number of hydrogen-bond acceptors (Lipinski definition) is 5. The standard InChI is InChI=1S/C16H28N4O/c1-21-16-15(6-4-8-18-16)14-20-11-5-10-19(12-13-20)9-3-2-7-17/h4,6,8H,2-3,5,7,9-14,17H2,1H3. The number of hydrogen-bond donors (Lipinski definition) is 1. The Labute approximate surface area is 128 Å². The minimum Gasteiger partial charge on any atom is -0.481 e. The van der Waals surface area contributed by atoms with Gasteiger partial charge in [0.2, 0.25) is 5.88 Å². The third-order valence-corrected chi connectivity index (χ3v) is 4.05. The smallest absolute Gasteiger partial charge is 0.217 e. The Morgan fingerprint density at radius 2 is 2.00 bits per heavy atom. The first kappa shape index (κ1) is 16.2. The Balaban J connectivity index is 1.82. The van der Waals surface area contributed by atoms with Gasteiger partial charge >= 0.3 is 0 Å². The predicted molar refractivity (Wildman–Crippen MR) is 85.4 cm³/mol. The minimum absolute atomic E-state index is 0.751. The molecule has 118 valence electrons. The lowest BCUT2D eigenvalue weighted by atomic mass is 10.2. The fourth-order valence-electron chi connectivity index (χ4n) is 2.85.